The number of hydrogen-bond acceptors (Lipinski definition) is 2. The maximum absolute atomic E-state index is 13.3. The van der Waals surface area contributed by atoms with Crippen LogP contribution < -0.4 is 0 Å². The van der Waals surface area contributed by atoms with E-state index in [1.807, 2.05) is 69.1 Å². The summed E-state index contributed by atoms with van der Waals surface area (Å²) in [6.45, 7) is 10.0. The van der Waals surface area contributed by atoms with E-state index in [4.69, 9.17) is 11.6 Å². The van der Waals surface area contributed by atoms with E-state index < -0.39 is 0 Å². The summed E-state index contributed by atoms with van der Waals surface area (Å²) in [4.78, 5) is 29.6. The van der Waals surface area contributed by atoms with Crippen LogP contribution in [0, 0.1) is 5.41 Å². The second-order valence-corrected chi connectivity index (χ2v) is 9.25. The average molecular weight is 416 g/mol. The largest absolute Gasteiger partial charge is 0.348 e. The van der Waals surface area contributed by atoms with E-state index in [1.54, 1.807) is 4.90 Å². The quantitative estimate of drug-likeness (QED) is 0.728. The number of rotatable bonds is 5. The predicted octanol–water partition coefficient (Wildman–Crippen LogP) is 4.36. The Labute approximate surface area is 178 Å². The van der Waals surface area contributed by atoms with Crippen molar-refractivity contribution in [3.63, 3.8) is 0 Å². The van der Waals surface area contributed by atoms with Crippen LogP contribution in [0.25, 0.3) is 0 Å². The highest BCUT2D eigenvalue weighted by atomic mass is 35.5. The van der Waals surface area contributed by atoms with Crippen molar-refractivity contribution in [3.8, 4) is 0 Å². The second kappa shape index (κ2) is 8.62. The van der Waals surface area contributed by atoms with Gasteiger partial charge in [0, 0.05) is 43.0 Å². The van der Waals surface area contributed by atoms with Crippen molar-refractivity contribution in [3.05, 3.63) is 58.9 Å². The molecule has 1 aromatic carbocycles. The monoisotopic (exact) mass is 415 g/mol. The van der Waals surface area contributed by atoms with Crippen molar-refractivity contribution in [1.29, 1.82) is 0 Å². The molecule has 5 nitrogen and oxygen atoms in total. The van der Waals surface area contributed by atoms with Crippen molar-refractivity contribution < 1.29 is 9.59 Å². The molecule has 2 amide bonds. The third-order valence-corrected chi connectivity index (χ3v) is 5.54. The highest BCUT2D eigenvalue weighted by Crippen LogP contribution is 2.33. The van der Waals surface area contributed by atoms with Crippen molar-refractivity contribution in [2.75, 3.05) is 19.6 Å². The predicted molar refractivity (Wildman–Crippen MR) is 116 cm³/mol. The zero-order valence-corrected chi connectivity index (χ0v) is 18.4. The first-order chi connectivity index (χ1) is 13.7. The van der Waals surface area contributed by atoms with Crippen molar-refractivity contribution >= 4 is 23.4 Å². The van der Waals surface area contributed by atoms with Crippen LogP contribution in [0.4, 0.5) is 0 Å². The fraction of sp³-hybridized carbons (Fsp3) is 0.478. The number of aromatic nitrogens is 1. The Kier molecular flexibility index (Phi) is 6.37. The smallest absolute Gasteiger partial charge is 0.243 e. The molecule has 1 atom stereocenters. The molecule has 0 saturated carbocycles. The number of halogens is 1. The van der Waals surface area contributed by atoms with E-state index in [-0.39, 0.29) is 29.8 Å². The number of fused-ring (bicyclic) bond motifs is 1. The zero-order valence-electron chi connectivity index (χ0n) is 17.7. The molecule has 156 valence electrons. The molecule has 2 heterocycles. The molecule has 0 fully saturated rings. The lowest BCUT2D eigenvalue weighted by Gasteiger charge is -2.38. The van der Waals surface area contributed by atoms with Gasteiger partial charge in [0.2, 0.25) is 11.8 Å². The summed E-state index contributed by atoms with van der Waals surface area (Å²) in [5, 5.41) is 0.669. The van der Waals surface area contributed by atoms with Crippen LogP contribution in [-0.2, 0) is 16.1 Å². The summed E-state index contributed by atoms with van der Waals surface area (Å²) in [6, 6.07) is 11.5. The minimum atomic E-state index is -0.181. The zero-order chi connectivity index (χ0) is 21.2. The van der Waals surface area contributed by atoms with E-state index in [2.05, 4.69) is 10.6 Å². The molecule has 0 N–H and O–H groups in total. The van der Waals surface area contributed by atoms with Gasteiger partial charge in [-0.15, -0.1) is 0 Å². The number of likely N-dealkylation sites (N-methyl/N-ethyl adjacent to an activating group) is 1. The Hall–Kier alpha value is -2.27. The van der Waals surface area contributed by atoms with Crippen LogP contribution in [0.15, 0.2) is 42.6 Å². The van der Waals surface area contributed by atoms with Gasteiger partial charge in [-0.05, 0) is 42.2 Å². The van der Waals surface area contributed by atoms with Gasteiger partial charge < -0.3 is 14.4 Å². The minimum absolute atomic E-state index is 0.0248. The van der Waals surface area contributed by atoms with E-state index in [1.165, 1.54) is 0 Å². The highest BCUT2D eigenvalue weighted by Gasteiger charge is 2.33. The summed E-state index contributed by atoms with van der Waals surface area (Å²) in [5.41, 5.74) is 1.99. The van der Waals surface area contributed by atoms with Crippen LogP contribution in [0.3, 0.4) is 0 Å². The molecule has 0 radical (unpaired) electrons. The average Bonchev–Trinajstić information content (AvgIpc) is 3.13. The molecule has 0 spiro atoms. The van der Waals surface area contributed by atoms with Crippen molar-refractivity contribution in [2.45, 2.75) is 46.7 Å². The molecule has 0 saturated heterocycles. The Morgan fingerprint density at radius 3 is 2.45 bits per heavy atom. The molecule has 1 aliphatic heterocycles. The number of carbonyl (C=O) groups excluding carboxylic acids is 2. The molecular weight excluding hydrogens is 386 g/mol. The molecule has 1 aromatic heterocycles. The van der Waals surface area contributed by atoms with Gasteiger partial charge in [-0.25, -0.2) is 0 Å². The van der Waals surface area contributed by atoms with E-state index in [0.717, 1.165) is 17.8 Å². The van der Waals surface area contributed by atoms with Gasteiger partial charge in [0.15, 0.2) is 0 Å². The molecular formula is C23H30ClN3O2. The van der Waals surface area contributed by atoms with E-state index in [9.17, 15) is 9.59 Å². The first kappa shape index (κ1) is 21.4. The number of nitrogens with zero attached hydrogens (tertiary/aromatic N) is 3. The molecule has 1 aliphatic rings. The van der Waals surface area contributed by atoms with E-state index in [0.29, 0.717) is 24.5 Å². The fourth-order valence-corrected chi connectivity index (χ4v) is 3.97. The Morgan fingerprint density at radius 2 is 1.83 bits per heavy atom. The molecule has 0 unspecified atom stereocenters. The number of carbonyl (C=O) groups is 2. The van der Waals surface area contributed by atoms with Gasteiger partial charge in [0.05, 0.1) is 12.6 Å². The summed E-state index contributed by atoms with van der Waals surface area (Å²) >= 11 is 6.07. The third kappa shape index (κ3) is 5.02. The summed E-state index contributed by atoms with van der Waals surface area (Å²) in [6.07, 6.45) is 2.48. The first-order valence-electron chi connectivity index (χ1n) is 10.2. The summed E-state index contributed by atoms with van der Waals surface area (Å²) in [5.74, 6) is -0.00159. The molecule has 2 aromatic rings. The highest BCUT2D eigenvalue weighted by molar-refractivity contribution is 6.30. The van der Waals surface area contributed by atoms with Gasteiger partial charge in [-0.1, -0.05) is 44.5 Å². The minimum Gasteiger partial charge on any atom is -0.348 e. The van der Waals surface area contributed by atoms with Crippen LogP contribution in [0.2, 0.25) is 5.02 Å². The fourth-order valence-electron chi connectivity index (χ4n) is 3.84. The number of benzene rings is 1. The van der Waals surface area contributed by atoms with Crippen LogP contribution in [-0.4, -0.2) is 45.8 Å². The topological polar surface area (TPSA) is 45.6 Å². The lowest BCUT2D eigenvalue weighted by Crippen LogP contribution is -2.48. The Morgan fingerprint density at radius 1 is 1.14 bits per heavy atom. The van der Waals surface area contributed by atoms with E-state index >= 15 is 0 Å². The van der Waals surface area contributed by atoms with Gasteiger partial charge in [-0.3, -0.25) is 9.59 Å². The number of amides is 2. The Bertz CT molecular complexity index is 867. The maximum atomic E-state index is 13.3. The maximum Gasteiger partial charge on any atom is 0.243 e. The first-order valence-corrected chi connectivity index (χ1v) is 10.5. The molecule has 0 aliphatic carbocycles. The normalized spacial score (nSPS) is 16.4. The van der Waals surface area contributed by atoms with Crippen LogP contribution >= 0.6 is 11.6 Å². The molecule has 29 heavy (non-hydrogen) atoms. The number of hydrogen-bond donors (Lipinski definition) is 0. The van der Waals surface area contributed by atoms with Crippen LogP contribution in [0.5, 0.6) is 0 Å². The van der Waals surface area contributed by atoms with Gasteiger partial charge in [0.1, 0.15) is 0 Å². The standard InChI is InChI=1S/C23H30ClN3O2/c1-5-25(20(28)15-23(2,3)4)16-21(29)27-14-13-26-12-6-7-19(26)22(27)17-8-10-18(24)11-9-17/h6-12,22H,5,13-16H2,1-4H3/t22-/m0/s1. The van der Waals surface area contributed by atoms with Gasteiger partial charge in [-0.2, -0.15) is 0 Å². The summed E-state index contributed by atoms with van der Waals surface area (Å²) < 4.78 is 2.19. The van der Waals surface area contributed by atoms with Crippen molar-refractivity contribution in [1.82, 2.24) is 14.4 Å². The van der Waals surface area contributed by atoms with Gasteiger partial charge in [0.25, 0.3) is 0 Å². The second-order valence-electron chi connectivity index (χ2n) is 8.81. The SMILES string of the molecule is CCN(CC(=O)N1CCn2cccc2[C@@H]1c1ccc(Cl)cc1)C(=O)CC(C)(C)C. The molecule has 3 rings (SSSR count). The molecule has 0 bridgehead atoms. The van der Waals surface area contributed by atoms with Gasteiger partial charge >= 0.3 is 0 Å². The Balaban J connectivity index is 1.84. The lowest BCUT2D eigenvalue weighted by atomic mass is 9.91. The third-order valence-electron chi connectivity index (χ3n) is 5.29. The van der Waals surface area contributed by atoms with Crippen LogP contribution in [0.1, 0.15) is 51.4 Å². The summed E-state index contributed by atoms with van der Waals surface area (Å²) in [7, 11) is 0. The van der Waals surface area contributed by atoms with Crippen molar-refractivity contribution in [2.24, 2.45) is 5.41 Å². The lowest BCUT2D eigenvalue weighted by molar-refractivity contribution is -0.142. The molecule has 6 heteroatoms.